The van der Waals surface area contributed by atoms with Crippen molar-refractivity contribution in [3.63, 3.8) is 0 Å². The van der Waals surface area contributed by atoms with Crippen LogP contribution in [0, 0.1) is 5.92 Å². The lowest BCUT2D eigenvalue weighted by Crippen LogP contribution is -2.27. The van der Waals surface area contributed by atoms with Crippen LogP contribution in [0.1, 0.15) is 32.6 Å². The van der Waals surface area contributed by atoms with Crippen molar-refractivity contribution in [1.29, 1.82) is 0 Å². The molecule has 0 unspecified atom stereocenters. The van der Waals surface area contributed by atoms with E-state index < -0.39 is 0 Å². The Kier molecular flexibility index (Phi) is 6.16. The molecule has 1 amide bonds. The van der Waals surface area contributed by atoms with Crippen molar-refractivity contribution in [2.45, 2.75) is 31.2 Å². The van der Waals surface area contributed by atoms with Gasteiger partial charge >= 0.3 is 0 Å². The first kappa shape index (κ1) is 18.7. The van der Waals surface area contributed by atoms with Gasteiger partial charge in [0.25, 0.3) is 0 Å². The van der Waals surface area contributed by atoms with Crippen molar-refractivity contribution >= 4 is 45.1 Å². The van der Waals surface area contributed by atoms with Gasteiger partial charge in [-0.05, 0) is 25.0 Å². The SMILES string of the molecule is CC(C)CNc1nnc(SCC(=O)N[C@H](C)c2cc3ccccc3o2)s1. The van der Waals surface area contributed by atoms with Crippen molar-refractivity contribution in [3.05, 3.63) is 36.1 Å². The minimum absolute atomic E-state index is 0.0603. The van der Waals surface area contributed by atoms with E-state index in [1.807, 2.05) is 37.3 Å². The summed E-state index contributed by atoms with van der Waals surface area (Å²) < 4.78 is 6.57. The average molecular weight is 391 g/mol. The van der Waals surface area contributed by atoms with Gasteiger partial charge in [-0.3, -0.25) is 4.79 Å². The smallest absolute Gasteiger partial charge is 0.231 e. The van der Waals surface area contributed by atoms with E-state index in [-0.39, 0.29) is 11.9 Å². The minimum Gasteiger partial charge on any atom is -0.459 e. The van der Waals surface area contributed by atoms with Crippen LogP contribution in [-0.2, 0) is 4.79 Å². The van der Waals surface area contributed by atoms with E-state index in [1.165, 1.54) is 23.1 Å². The fraction of sp³-hybridized carbons (Fsp3) is 0.389. The lowest BCUT2D eigenvalue weighted by atomic mass is 10.2. The molecular formula is C18H22N4O2S2. The third-order valence-corrected chi connectivity index (χ3v) is 5.66. The van der Waals surface area contributed by atoms with Crippen molar-refractivity contribution in [3.8, 4) is 0 Å². The van der Waals surface area contributed by atoms with E-state index in [0.717, 1.165) is 32.7 Å². The number of benzene rings is 1. The third kappa shape index (κ3) is 4.98. The highest BCUT2D eigenvalue weighted by atomic mass is 32.2. The fourth-order valence-electron chi connectivity index (χ4n) is 2.33. The number of rotatable bonds is 8. The predicted octanol–water partition coefficient (Wildman–Crippen LogP) is 4.32. The van der Waals surface area contributed by atoms with E-state index >= 15 is 0 Å². The standard InChI is InChI=1S/C18H22N4O2S2/c1-11(2)9-19-17-21-22-18(26-17)25-10-16(23)20-12(3)15-8-13-6-4-5-7-14(13)24-15/h4-8,11-12H,9-10H2,1-3H3,(H,19,21)(H,20,23)/t12-/m1/s1. The maximum absolute atomic E-state index is 12.2. The molecule has 26 heavy (non-hydrogen) atoms. The molecule has 2 aromatic heterocycles. The zero-order valence-corrected chi connectivity index (χ0v) is 16.6. The van der Waals surface area contributed by atoms with Gasteiger partial charge in [-0.2, -0.15) is 0 Å². The van der Waals surface area contributed by atoms with E-state index in [1.54, 1.807) is 0 Å². The number of hydrogen-bond acceptors (Lipinski definition) is 7. The van der Waals surface area contributed by atoms with Crippen LogP contribution >= 0.6 is 23.1 Å². The molecule has 138 valence electrons. The van der Waals surface area contributed by atoms with Gasteiger partial charge in [0.15, 0.2) is 4.34 Å². The summed E-state index contributed by atoms with van der Waals surface area (Å²) in [5.41, 5.74) is 0.827. The third-order valence-electron chi connectivity index (χ3n) is 3.64. The van der Waals surface area contributed by atoms with Gasteiger partial charge in [-0.25, -0.2) is 0 Å². The molecule has 3 aromatic rings. The van der Waals surface area contributed by atoms with Crippen LogP contribution in [0.2, 0.25) is 0 Å². The lowest BCUT2D eigenvalue weighted by Gasteiger charge is -2.10. The Balaban J connectivity index is 1.49. The van der Waals surface area contributed by atoms with Gasteiger partial charge in [0.2, 0.25) is 11.0 Å². The summed E-state index contributed by atoms with van der Waals surface area (Å²) in [6.07, 6.45) is 0. The first-order chi connectivity index (χ1) is 12.5. The van der Waals surface area contributed by atoms with Gasteiger partial charge in [0.05, 0.1) is 11.8 Å². The molecule has 3 rings (SSSR count). The Bertz CT molecular complexity index is 842. The van der Waals surface area contributed by atoms with Crippen molar-refractivity contribution in [2.75, 3.05) is 17.6 Å². The molecule has 8 heteroatoms. The second kappa shape index (κ2) is 8.55. The zero-order valence-electron chi connectivity index (χ0n) is 15.0. The molecule has 0 aliphatic heterocycles. The highest BCUT2D eigenvalue weighted by Crippen LogP contribution is 2.26. The Morgan fingerprint density at radius 2 is 2.08 bits per heavy atom. The van der Waals surface area contributed by atoms with E-state index in [2.05, 4.69) is 34.7 Å². The Labute approximate surface area is 160 Å². The molecule has 0 aliphatic rings. The van der Waals surface area contributed by atoms with Crippen LogP contribution in [0.3, 0.4) is 0 Å². The number of para-hydroxylation sites is 1. The quantitative estimate of drug-likeness (QED) is 0.558. The van der Waals surface area contributed by atoms with E-state index in [0.29, 0.717) is 11.7 Å². The summed E-state index contributed by atoms with van der Waals surface area (Å²) in [4.78, 5) is 12.2. The number of carbonyl (C=O) groups excluding carboxylic acids is 1. The van der Waals surface area contributed by atoms with Crippen molar-refractivity contribution in [1.82, 2.24) is 15.5 Å². The Morgan fingerprint density at radius 1 is 1.27 bits per heavy atom. The first-order valence-corrected chi connectivity index (χ1v) is 10.3. The molecule has 0 fully saturated rings. The Morgan fingerprint density at radius 3 is 2.85 bits per heavy atom. The summed E-state index contributed by atoms with van der Waals surface area (Å²) >= 11 is 2.85. The highest BCUT2D eigenvalue weighted by molar-refractivity contribution is 8.01. The lowest BCUT2D eigenvalue weighted by molar-refractivity contribution is -0.119. The highest BCUT2D eigenvalue weighted by Gasteiger charge is 2.15. The number of nitrogens with zero attached hydrogens (tertiary/aromatic N) is 2. The predicted molar refractivity (Wildman–Crippen MR) is 107 cm³/mol. The summed E-state index contributed by atoms with van der Waals surface area (Å²) in [5.74, 6) is 1.53. The molecule has 1 atom stereocenters. The summed E-state index contributed by atoms with van der Waals surface area (Å²) in [6, 6.07) is 9.59. The second-order valence-electron chi connectivity index (χ2n) is 6.41. The molecular weight excluding hydrogens is 368 g/mol. The number of amides is 1. The zero-order chi connectivity index (χ0) is 18.5. The van der Waals surface area contributed by atoms with Crippen molar-refractivity contribution < 1.29 is 9.21 Å². The first-order valence-electron chi connectivity index (χ1n) is 8.49. The van der Waals surface area contributed by atoms with Crippen molar-refractivity contribution in [2.24, 2.45) is 5.92 Å². The normalized spacial score (nSPS) is 12.5. The topological polar surface area (TPSA) is 80.0 Å². The van der Waals surface area contributed by atoms with Crippen LogP contribution in [-0.4, -0.2) is 28.4 Å². The summed E-state index contributed by atoms with van der Waals surface area (Å²) in [7, 11) is 0. The number of nitrogens with one attached hydrogen (secondary N) is 2. The largest absolute Gasteiger partial charge is 0.459 e. The molecule has 0 bridgehead atoms. The van der Waals surface area contributed by atoms with Gasteiger partial charge in [0.1, 0.15) is 11.3 Å². The van der Waals surface area contributed by atoms with Gasteiger partial charge in [-0.1, -0.05) is 55.1 Å². The number of hydrogen-bond donors (Lipinski definition) is 2. The van der Waals surface area contributed by atoms with Crippen LogP contribution in [0.15, 0.2) is 39.1 Å². The molecule has 1 aromatic carbocycles. The van der Waals surface area contributed by atoms with Crippen LogP contribution in [0.5, 0.6) is 0 Å². The molecule has 2 N–H and O–H groups in total. The van der Waals surface area contributed by atoms with Crippen LogP contribution < -0.4 is 10.6 Å². The fourth-order valence-corrected chi connectivity index (χ4v) is 3.90. The number of fused-ring (bicyclic) bond motifs is 1. The number of anilines is 1. The van der Waals surface area contributed by atoms with Gasteiger partial charge in [0, 0.05) is 11.9 Å². The van der Waals surface area contributed by atoms with E-state index in [4.69, 9.17) is 4.42 Å². The van der Waals surface area contributed by atoms with Gasteiger partial charge < -0.3 is 15.1 Å². The Hall–Kier alpha value is -2.06. The molecule has 0 aliphatic carbocycles. The number of furan rings is 1. The summed E-state index contributed by atoms with van der Waals surface area (Å²) in [5, 5.41) is 16.2. The average Bonchev–Trinajstić information content (AvgIpc) is 3.24. The maximum atomic E-state index is 12.2. The number of aromatic nitrogens is 2. The summed E-state index contributed by atoms with van der Waals surface area (Å²) in [6.45, 7) is 7.04. The molecule has 2 heterocycles. The molecule has 0 radical (unpaired) electrons. The second-order valence-corrected chi connectivity index (χ2v) is 8.61. The minimum atomic E-state index is -0.187. The number of thioether (sulfide) groups is 1. The van der Waals surface area contributed by atoms with Gasteiger partial charge in [-0.15, -0.1) is 10.2 Å². The monoisotopic (exact) mass is 390 g/mol. The molecule has 0 saturated carbocycles. The molecule has 0 saturated heterocycles. The van der Waals surface area contributed by atoms with Crippen LogP contribution in [0.25, 0.3) is 11.0 Å². The molecule has 0 spiro atoms. The molecule has 6 nitrogen and oxygen atoms in total. The maximum Gasteiger partial charge on any atom is 0.231 e. The van der Waals surface area contributed by atoms with E-state index in [9.17, 15) is 4.79 Å². The van der Waals surface area contributed by atoms with Crippen LogP contribution in [0.4, 0.5) is 5.13 Å². The number of carbonyl (C=O) groups is 1.